The third-order valence-electron chi connectivity index (χ3n) is 4.58. The molecule has 0 spiro atoms. The summed E-state index contributed by atoms with van der Waals surface area (Å²) in [4.78, 5) is 9.37. The van der Waals surface area contributed by atoms with E-state index in [1.54, 1.807) is 0 Å². The first kappa shape index (κ1) is 13.9. The Labute approximate surface area is 125 Å². The van der Waals surface area contributed by atoms with Crippen LogP contribution in [0.25, 0.3) is 11.2 Å². The molecule has 3 rings (SSSR count). The van der Waals surface area contributed by atoms with E-state index in [1.165, 1.54) is 31.2 Å². The Balaban J connectivity index is 2.06. The molecule has 0 N–H and O–H groups in total. The highest BCUT2D eigenvalue weighted by molar-refractivity contribution is 6.17. The lowest BCUT2D eigenvalue weighted by Gasteiger charge is -2.25. The van der Waals surface area contributed by atoms with Gasteiger partial charge in [-0.2, -0.15) is 0 Å². The average Bonchev–Trinajstić information content (AvgIpc) is 2.98. The fraction of sp³-hybridized carbons (Fsp3) is 0.625. The zero-order chi connectivity index (χ0) is 14.2. The summed E-state index contributed by atoms with van der Waals surface area (Å²) in [7, 11) is 0. The Morgan fingerprint density at radius 3 is 2.80 bits per heavy atom. The van der Waals surface area contributed by atoms with Gasteiger partial charge in [-0.25, -0.2) is 9.97 Å². The number of aryl methyl sites for hydroxylation is 2. The molecule has 20 heavy (non-hydrogen) atoms. The van der Waals surface area contributed by atoms with Crippen LogP contribution in [0.2, 0.25) is 0 Å². The molecule has 0 atom stereocenters. The van der Waals surface area contributed by atoms with Gasteiger partial charge in [-0.05, 0) is 36.8 Å². The lowest BCUT2D eigenvalue weighted by molar-refractivity contribution is 0.281. The summed E-state index contributed by atoms with van der Waals surface area (Å²) in [6.45, 7) is 5.52. The lowest BCUT2D eigenvalue weighted by atomic mass is 9.89. The van der Waals surface area contributed by atoms with Crippen LogP contribution >= 0.6 is 11.6 Å². The van der Waals surface area contributed by atoms with Gasteiger partial charge in [0.05, 0.1) is 0 Å². The van der Waals surface area contributed by atoms with Crippen molar-refractivity contribution in [1.29, 1.82) is 0 Å². The van der Waals surface area contributed by atoms with Crippen LogP contribution in [0.1, 0.15) is 44.0 Å². The maximum absolute atomic E-state index is 5.95. The van der Waals surface area contributed by atoms with E-state index in [0.29, 0.717) is 11.3 Å². The number of pyridine rings is 1. The molecule has 4 heteroatoms. The van der Waals surface area contributed by atoms with E-state index in [-0.39, 0.29) is 0 Å². The van der Waals surface area contributed by atoms with Gasteiger partial charge in [0.2, 0.25) is 0 Å². The Bertz CT molecular complexity index is 611. The van der Waals surface area contributed by atoms with Gasteiger partial charge in [0.15, 0.2) is 5.65 Å². The van der Waals surface area contributed by atoms with Crippen molar-refractivity contribution in [1.82, 2.24) is 14.5 Å². The van der Waals surface area contributed by atoms with Gasteiger partial charge in [0.1, 0.15) is 11.3 Å². The van der Waals surface area contributed by atoms with Crippen molar-refractivity contribution < 1.29 is 0 Å². The van der Waals surface area contributed by atoms with Crippen LogP contribution in [0.4, 0.5) is 0 Å². The molecule has 0 radical (unpaired) electrons. The molecule has 0 saturated heterocycles. The van der Waals surface area contributed by atoms with Gasteiger partial charge in [-0.15, -0.1) is 11.6 Å². The summed E-state index contributed by atoms with van der Waals surface area (Å²) < 4.78 is 2.32. The fourth-order valence-corrected chi connectivity index (χ4v) is 3.56. The van der Waals surface area contributed by atoms with Crippen LogP contribution in [0, 0.1) is 12.3 Å². The van der Waals surface area contributed by atoms with Crippen molar-refractivity contribution in [2.75, 3.05) is 5.88 Å². The normalized spacial score (nSPS) is 17.9. The molecule has 3 nitrogen and oxygen atoms in total. The van der Waals surface area contributed by atoms with Crippen molar-refractivity contribution in [3.8, 4) is 0 Å². The van der Waals surface area contributed by atoms with Crippen LogP contribution in [0.3, 0.4) is 0 Å². The Morgan fingerprint density at radius 1 is 1.35 bits per heavy atom. The number of alkyl halides is 1. The molecule has 2 heterocycles. The van der Waals surface area contributed by atoms with E-state index in [1.807, 2.05) is 12.3 Å². The molecule has 0 unspecified atom stereocenters. The molecule has 1 saturated carbocycles. The van der Waals surface area contributed by atoms with Crippen molar-refractivity contribution in [2.45, 2.75) is 52.5 Å². The van der Waals surface area contributed by atoms with E-state index in [9.17, 15) is 0 Å². The molecular formula is C16H22ClN3. The fourth-order valence-electron chi connectivity index (χ4n) is 3.39. The van der Waals surface area contributed by atoms with Crippen LogP contribution in [0.15, 0.2) is 12.3 Å². The third-order valence-corrected chi connectivity index (χ3v) is 4.77. The second-order valence-corrected chi connectivity index (χ2v) is 6.75. The van der Waals surface area contributed by atoms with Gasteiger partial charge in [0, 0.05) is 25.0 Å². The van der Waals surface area contributed by atoms with E-state index >= 15 is 0 Å². The van der Waals surface area contributed by atoms with Crippen LogP contribution in [-0.4, -0.2) is 20.4 Å². The highest BCUT2D eigenvalue weighted by atomic mass is 35.5. The predicted octanol–water partition coefficient (Wildman–Crippen LogP) is 4.10. The number of fused-ring (bicyclic) bond motifs is 1. The summed E-state index contributed by atoms with van der Waals surface area (Å²) in [5.41, 5.74) is 3.65. The molecule has 2 aromatic rings. The van der Waals surface area contributed by atoms with Crippen LogP contribution < -0.4 is 0 Å². The topological polar surface area (TPSA) is 30.7 Å². The van der Waals surface area contributed by atoms with Crippen molar-refractivity contribution >= 4 is 22.8 Å². The van der Waals surface area contributed by atoms with E-state index in [0.717, 1.165) is 30.0 Å². The molecule has 0 aromatic carbocycles. The van der Waals surface area contributed by atoms with E-state index < -0.39 is 0 Å². The number of halogens is 1. The molecule has 1 aliphatic carbocycles. The summed E-state index contributed by atoms with van der Waals surface area (Å²) in [5.74, 6) is 1.70. The van der Waals surface area contributed by atoms with Gasteiger partial charge < -0.3 is 4.57 Å². The van der Waals surface area contributed by atoms with Crippen molar-refractivity contribution in [2.24, 2.45) is 5.41 Å². The van der Waals surface area contributed by atoms with Crippen LogP contribution in [0.5, 0.6) is 0 Å². The molecule has 0 amide bonds. The SMILES string of the molecule is Cc1ccnc2c1nc(CCCl)n2CC1(C)CCCC1. The Kier molecular flexibility index (Phi) is 3.72. The third kappa shape index (κ3) is 2.44. The monoisotopic (exact) mass is 291 g/mol. The molecule has 0 bridgehead atoms. The minimum atomic E-state index is 0.389. The van der Waals surface area contributed by atoms with Crippen LogP contribution in [-0.2, 0) is 13.0 Å². The summed E-state index contributed by atoms with van der Waals surface area (Å²) in [5, 5.41) is 0. The minimum absolute atomic E-state index is 0.389. The maximum Gasteiger partial charge on any atom is 0.160 e. The van der Waals surface area contributed by atoms with Gasteiger partial charge in [-0.3, -0.25) is 0 Å². The lowest BCUT2D eigenvalue weighted by Crippen LogP contribution is -2.21. The Morgan fingerprint density at radius 2 is 2.10 bits per heavy atom. The zero-order valence-corrected chi connectivity index (χ0v) is 13.1. The average molecular weight is 292 g/mol. The predicted molar refractivity (Wildman–Crippen MR) is 83.3 cm³/mol. The first-order chi connectivity index (χ1) is 9.63. The number of imidazole rings is 1. The highest BCUT2D eigenvalue weighted by Gasteiger charge is 2.30. The quantitative estimate of drug-likeness (QED) is 0.794. The zero-order valence-electron chi connectivity index (χ0n) is 12.3. The largest absolute Gasteiger partial charge is 0.312 e. The number of hydrogen-bond acceptors (Lipinski definition) is 2. The van der Waals surface area contributed by atoms with E-state index in [2.05, 4.69) is 23.4 Å². The standard InChI is InChI=1S/C16H22ClN3/c1-12-6-10-18-15-14(12)19-13(5-9-17)20(15)11-16(2)7-3-4-8-16/h6,10H,3-5,7-9,11H2,1-2H3. The van der Waals surface area contributed by atoms with Gasteiger partial charge in [0.25, 0.3) is 0 Å². The Hall–Kier alpha value is -1.09. The van der Waals surface area contributed by atoms with Gasteiger partial charge >= 0.3 is 0 Å². The van der Waals surface area contributed by atoms with Crippen molar-refractivity contribution in [3.05, 3.63) is 23.7 Å². The first-order valence-electron chi connectivity index (χ1n) is 7.50. The summed E-state index contributed by atoms with van der Waals surface area (Å²) >= 11 is 5.95. The van der Waals surface area contributed by atoms with Crippen molar-refractivity contribution in [3.63, 3.8) is 0 Å². The number of aromatic nitrogens is 3. The second-order valence-electron chi connectivity index (χ2n) is 6.37. The summed E-state index contributed by atoms with van der Waals surface area (Å²) in [6, 6.07) is 2.03. The second kappa shape index (κ2) is 5.36. The molecule has 108 valence electrons. The highest BCUT2D eigenvalue weighted by Crippen LogP contribution is 2.39. The number of nitrogens with zero attached hydrogens (tertiary/aromatic N) is 3. The number of hydrogen-bond donors (Lipinski definition) is 0. The summed E-state index contributed by atoms with van der Waals surface area (Å²) in [6.07, 6.45) is 8.00. The maximum atomic E-state index is 5.95. The molecule has 0 aliphatic heterocycles. The molecule has 1 aliphatic rings. The van der Waals surface area contributed by atoms with Gasteiger partial charge in [-0.1, -0.05) is 19.8 Å². The molecule has 2 aromatic heterocycles. The minimum Gasteiger partial charge on any atom is -0.312 e. The smallest absolute Gasteiger partial charge is 0.160 e. The molecular weight excluding hydrogens is 270 g/mol. The number of rotatable bonds is 4. The molecule has 1 fully saturated rings. The first-order valence-corrected chi connectivity index (χ1v) is 8.03. The van der Waals surface area contributed by atoms with E-state index in [4.69, 9.17) is 16.6 Å².